The lowest BCUT2D eigenvalue weighted by Gasteiger charge is -2.19. The Morgan fingerprint density at radius 2 is 1.95 bits per heavy atom. The smallest absolute Gasteiger partial charge is 0.341 e. The summed E-state index contributed by atoms with van der Waals surface area (Å²) in [5, 5.41) is 20.2. The van der Waals surface area contributed by atoms with Crippen molar-refractivity contribution >= 4 is 17.5 Å². The lowest BCUT2D eigenvalue weighted by atomic mass is 9.85. The molecule has 1 aromatic carbocycles. The number of fused-ring (bicyclic) bond motifs is 1. The molecule has 114 valence electrons. The van der Waals surface area contributed by atoms with E-state index in [0.717, 1.165) is 13.2 Å². The zero-order chi connectivity index (χ0) is 16.2. The number of aromatic hydroxyl groups is 2. The normalized spacial score (nSPS) is 19.6. The Balaban J connectivity index is 2.27. The fourth-order valence-corrected chi connectivity index (χ4v) is 2.72. The molecule has 22 heavy (non-hydrogen) atoms. The zero-order valence-corrected chi connectivity index (χ0v) is 11.8. The number of hydrogen-bond donors (Lipinski definition) is 2. The minimum atomic E-state index is -0.934. The highest BCUT2D eigenvalue weighted by molar-refractivity contribution is 6.29. The van der Waals surface area contributed by atoms with E-state index in [1.165, 1.54) is 0 Å². The minimum Gasteiger partial charge on any atom is -0.507 e. The van der Waals surface area contributed by atoms with Gasteiger partial charge in [-0.25, -0.2) is 4.79 Å². The SMILES string of the molecule is COC(=O)c1cc(O)c2c(c1O)C(=O)C1=C(C[C@H](C)O1)C2=O. The topological polar surface area (TPSA) is 110 Å². The molecule has 0 aromatic heterocycles. The molecule has 0 amide bonds. The van der Waals surface area contributed by atoms with E-state index < -0.39 is 40.2 Å². The van der Waals surface area contributed by atoms with Gasteiger partial charge in [0.15, 0.2) is 11.5 Å². The summed E-state index contributed by atoms with van der Waals surface area (Å²) in [5.41, 5.74) is -0.967. The number of rotatable bonds is 1. The fourth-order valence-electron chi connectivity index (χ4n) is 2.72. The van der Waals surface area contributed by atoms with Gasteiger partial charge in [0, 0.05) is 6.42 Å². The summed E-state index contributed by atoms with van der Waals surface area (Å²) in [7, 11) is 1.09. The van der Waals surface area contributed by atoms with Crippen LogP contribution in [-0.4, -0.2) is 41.0 Å². The number of esters is 1. The van der Waals surface area contributed by atoms with Crippen molar-refractivity contribution in [1.82, 2.24) is 0 Å². The van der Waals surface area contributed by atoms with Crippen LogP contribution in [0.15, 0.2) is 17.4 Å². The molecule has 1 aliphatic carbocycles. The van der Waals surface area contributed by atoms with Crippen molar-refractivity contribution in [2.45, 2.75) is 19.4 Å². The molecule has 7 heteroatoms. The molecule has 1 heterocycles. The number of ether oxygens (including phenoxy) is 2. The number of ketones is 2. The van der Waals surface area contributed by atoms with Crippen LogP contribution in [0.25, 0.3) is 0 Å². The van der Waals surface area contributed by atoms with E-state index in [0.29, 0.717) is 0 Å². The van der Waals surface area contributed by atoms with Gasteiger partial charge in [-0.3, -0.25) is 9.59 Å². The second kappa shape index (κ2) is 4.59. The third-order valence-corrected chi connectivity index (χ3v) is 3.70. The molecular weight excluding hydrogens is 292 g/mol. The van der Waals surface area contributed by atoms with Gasteiger partial charge in [0.2, 0.25) is 5.78 Å². The molecule has 0 spiro atoms. The molecular formula is C15H12O7. The summed E-state index contributed by atoms with van der Waals surface area (Å²) in [6.07, 6.45) is -0.102. The van der Waals surface area contributed by atoms with E-state index in [9.17, 15) is 24.6 Å². The van der Waals surface area contributed by atoms with E-state index in [1.807, 2.05) is 0 Å². The maximum absolute atomic E-state index is 12.5. The number of allylic oxidation sites excluding steroid dienone is 1. The first kappa shape index (κ1) is 14.1. The van der Waals surface area contributed by atoms with Crippen LogP contribution in [-0.2, 0) is 9.47 Å². The van der Waals surface area contributed by atoms with Gasteiger partial charge in [0.25, 0.3) is 0 Å². The average molecular weight is 304 g/mol. The molecule has 1 aromatic rings. The van der Waals surface area contributed by atoms with Gasteiger partial charge in [0.1, 0.15) is 23.2 Å². The van der Waals surface area contributed by atoms with Crippen molar-refractivity contribution in [2.24, 2.45) is 0 Å². The quantitative estimate of drug-likeness (QED) is 0.594. The van der Waals surface area contributed by atoms with Crippen LogP contribution >= 0.6 is 0 Å². The van der Waals surface area contributed by atoms with Crippen LogP contribution in [0, 0.1) is 0 Å². The van der Waals surface area contributed by atoms with E-state index >= 15 is 0 Å². The number of benzene rings is 1. The Kier molecular flexibility index (Phi) is 2.94. The molecule has 0 bridgehead atoms. The van der Waals surface area contributed by atoms with Crippen molar-refractivity contribution in [3.8, 4) is 11.5 Å². The van der Waals surface area contributed by atoms with Crippen molar-refractivity contribution < 1.29 is 34.1 Å². The standard InChI is InChI=1S/C15H12O7/c1-5-3-6-11(17)9-8(16)4-7(15(20)21-2)12(18)10(9)13(19)14(6)22-5/h4-5,16,18H,3H2,1-2H3/t5-/m0/s1. The summed E-state index contributed by atoms with van der Waals surface area (Å²) in [5.74, 6) is -3.64. The number of hydrogen-bond acceptors (Lipinski definition) is 7. The van der Waals surface area contributed by atoms with Gasteiger partial charge < -0.3 is 19.7 Å². The first-order chi connectivity index (χ1) is 10.4. The maximum Gasteiger partial charge on any atom is 0.341 e. The number of phenolic OH excluding ortho intramolecular Hbond substituents is 2. The summed E-state index contributed by atoms with van der Waals surface area (Å²) in [6, 6.07) is 0.913. The number of methoxy groups -OCH3 is 1. The largest absolute Gasteiger partial charge is 0.507 e. The summed E-state index contributed by atoms with van der Waals surface area (Å²) in [6.45, 7) is 1.70. The maximum atomic E-state index is 12.5. The average Bonchev–Trinajstić information content (AvgIpc) is 2.88. The third-order valence-electron chi connectivity index (χ3n) is 3.70. The van der Waals surface area contributed by atoms with Crippen LogP contribution in [0.3, 0.4) is 0 Å². The Bertz CT molecular complexity index is 773. The second-order valence-electron chi connectivity index (χ2n) is 5.13. The van der Waals surface area contributed by atoms with E-state index in [-0.39, 0.29) is 29.4 Å². The van der Waals surface area contributed by atoms with Crippen molar-refractivity contribution in [3.63, 3.8) is 0 Å². The van der Waals surface area contributed by atoms with Gasteiger partial charge in [-0.05, 0) is 13.0 Å². The Morgan fingerprint density at radius 1 is 1.27 bits per heavy atom. The molecule has 7 nitrogen and oxygen atoms in total. The molecule has 3 rings (SSSR count). The van der Waals surface area contributed by atoms with Gasteiger partial charge in [-0.1, -0.05) is 0 Å². The molecule has 1 atom stereocenters. The summed E-state index contributed by atoms with van der Waals surface area (Å²) >= 11 is 0. The molecule has 2 N–H and O–H groups in total. The molecule has 0 radical (unpaired) electrons. The molecule has 0 saturated heterocycles. The summed E-state index contributed by atoms with van der Waals surface area (Å²) in [4.78, 5) is 36.5. The predicted octanol–water partition coefficient (Wildman–Crippen LogP) is 1.33. The van der Waals surface area contributed by atoms with Crippen LogP contribution in [0.5, 0.6) is 11.5 Å². The van der Waals surface area contributed by atoms with E-state index in [4.69, 9.17) is 4.74 Å². The summed E-state index contributed by atoms with van der Waals surface area (Å²) < 4.78 is 9.81. The monoisotopic (exact) mass is 304 g/mol. The highest BCUT2D eigenvalue weighted by atomic mass is 16.5. The number of phenols is 2. The molecule has 2 aliphatic rings. The molecule has 1 aliphatic heterocycles. The van der Waals surface area contributed by atoms with Crippen molar-refractivity contribution in [1.29, 1.82) is 0 Å². The van der Waals surface area contributed by atoms with Crippen LogP contribution in [0.4, 0.5) is 0 Å². The number of Topliss-reactive ketones (excluding diaryl/α,β-unsaturated/α-hetero) is 2. The highest BCUT2D eigenvalue weighted by Gasteiger charge is 2.43. The first-order valence-electron chi connectivity index (χ1n) is 6.53. The fraction of sp³-hybridized carbons (Fsp3) is 0.267. The Hall–Kier alpha value is -2.83. The predicted molar refractivity (Wildman–Crippen MR) is 72.0 cm³/mol. The zero-order valence-electron chi connectivity index (χ0n) is 11.8. The lowest BCUT2D eigenvalue weighted by Crippen LogP contribution is -2.21. The molecule has 0 saturated carbocycles. The first-order valence-corrected chi connectivity index (χ1v) is 6.53. The lowest BCUT2D eigenvalue weighted by molar-refractivity contribution is 0.0596. The number of carbonyl (C=O) groups is 3. The molecule has 0 unspecified atom stereocenters. The van der Waals surface area contributed by atoms with Crippen molar-refractivity contribution in [2.75, 3.05) is 7.11 Å². The van der Waals surface area contributed by atoms with Gasteiger partial charge in [-0.15, -0.1) is 0 Å². The Labute approximate surface area is 124 Å². The van der Waals surface area contributed by atoms with E-state index in [1.54, 1.807) is 6.92 Å². The van der Waals surface area contributed by atoms with E-state index in [2.05, 4.69) is 4.74 Å². The number of carbonyl (C=O) groups excluding carboxylic acids is 3. The van der Waals surface area contributed by atoms with Crippen LogP contribution in [0.1, 0.15) is 44.4 Å². The van der Waals surface area contributed by atoms with Gasteiger partial charge in [-0.2, -0.15) is 0 Å². The van der Waals surface area contributed by atoms with Crippen LogP contribution in [0.2, 0.25) is 0 Å². The van der Waals surface area contributed by atoms with Gasteiger partial charge >= 0.3 is 5.97 Å². The van der Waals surface area contributed by atoms with Crippen LogP contribution < -0.4 is 0 Å². The second-order valence-corrected chi connectivity index (χ2v) is 5.13. The van der Waals surface area contributed by atoms with Crippen molar-refractivity contribution in [3.05, 3.63) is 34.1 Å². The highest BCUT2D eigenvalue weighted by Crippen LogP contribution is 2.43. The Morgan fingerprint density at radius 3 is 2.59 bits per heavy atom. The third kappa shape index (κ3) is 1.71. The van der Waals surface area contributed by atoms with Gasteiger partial charge in [0.05, 0.1) is 23.8 Å². The minimum absolute atomic E-state index is 0.137. The molecule has 0 fully saturated rings.